The number of nitrogens with zero attached hydrogens (tertiary/aromatic N) is 1. The second kappa shape index (κ2) is 9.94. The molecule has 3 atom stereocenters. The molecule has 1 heterocycles. The number of carbonyl (C=O) groups is 2. The predicted octanol–water partition coefficient (Wildman–Crippen LogP) is 3.34. The van der Waals surface area contributed by atoms with E-state index in [2.05, 4.69) is 29.8 Å². The molecule has 0 saturated carbocycles. The first kappa shape index (κ1) is 22.1. The van der Waals surface area contributed by atoms with Gasteiger partial charge in [0, 0.05) is 24.7 Å². The fourth-order valence-corrected chi connectivity index (χ4v) is 4.32. The molecule has 0 radical (unpaired) electrons. The summed E-state index contributed by atoms with van der Waals surface area (Å²) in [7, 11) is 3.01. The van der Waals surface area contributed by atoms with Crippen LogP contribution < -0.4 is 10.1 Å². The minimum absolute atomic E-state index is 0.101. The van der Waals surface area contributed by atoms with Crippen LogP contribution in [0.4, 0.5) is 0 Å². The molecule has 1 amide bonds. The lowest BCUT2D eigenvalue weighted by atomic mass is 9.85. The molecule has 0 unspecified atom stereocenters. The zero-order valence-electron chi connectivity index (χ0n) is 18.1. The van der Waals surface area contributed by atoms with Gasteiger partial charge < -0.3 is 14.8 Å². The average Bonchev–Trinajstić information content (AvgIpc) is 3.15. The fraction of sp³-hybridized carbons (Fsp3) is 0.500. The molecule has 1 aromatic rings. The zero-order valence-corrected chi connectivity index (χ0v) is 18.1. The van der Waals surface area contributed by atoms with Crippen molar-refractivity contribution >= 4 is 11.9 Å². The van der Waals surface area contributed by atoms with Crippen molar-refractivity contribution in [1.29, 1.82) is 0 Å². The molecule has 1 saturated heterocycles. The van der Waals surface area contributed by atoms with Gasteiger partial charge in [0.1, 0.15) is 11.8 Å². The van der Waals surface area contributed by atoms with Crippen LogP contribution in [0.2, 0.25) is 0 Å². The van der Waals surface area contributed by atoms with Gasteiger partial charge >= 0.3 is 5.97 Å². The smallest absolute Gasteiger partial charge is 0.323 e. The fourth-order valence-electron chi connectivity index (χ4n) is 4.32. The lowest BCUT2D eigenvalue weighted by Gasteiger charge is -2.27. The molecular weight excluding hydrogens is 380 g/mol. The van der Waals surface area contributed by atoms with Gasteiger partial charge in [-0.3, -0.25) is 14.5 Å². The lowest BCUT2D eigenvalue weighted by molar-refractivity contribution is -0.145. The van der Waals surface area contributed by atoms with Crippen molar-refractivity contribution in [3.63, 3.8) is 0 Å². The minimum Gasteiger partial charge on any atom is -0.497 e. The number of benzene rings is 1. The highest BCUT2D eigenvalue weighted by molar-refractivity contribution is 5.94. The van der Waals surface area contributed by atoms with Crippen molar-refractivity contribution in [2.45, 2.75) is 44.7 Å². The van der Waals surface area contributed by atoms with Crippen molar-refractivity contribution < 1.29 is 19.1 Å². The Balaban J connectivity index is 1.63. The third-order valence-electron chi connectivity index (χ3n) is 6.17. The zero-order chi connectivity index (χ0) is 21.7. The third kappa shape index (κ3) is 5.30. The Kier molecular flexibility index (Phi) is 7.32. The summed E-state index contributed by atoms with van der Waals surface area (Å²) in [5, 5.41) is 3.07. The van der Waals surface area contributed by atoms with E-state index in [4.69, 9.17) is 9.47 Å². The van der Waals surface area contributed by atoms with Crippen LogP contribution in [-0.4, -0.2) is 56.2 Å². The number of nitrogens with one attached hydrogen (secondary N) is 1. The molecule has 2 aliphatic rings. The molecular formula is C24H32N2O4. The van der Waals surface area contributed by atoms with Gasteiger partial charge in [0.25, 0.3) is 5.91 Å². The predicted molar refractivity (Wildman–Crippen MR) is 116 cm³/mol. The van der Waals surface area contributed by atoms with Gasteiger partial charge in [-0.15, -0.1) is 0 Å². The number of hydrogen-bond donors (Lipinski definition) is 1. The molecule has 1 aliphatic heterocycles. The number of carbonyl (C=O) groups excluding carboxylic acids is 2. The Morgan fingerprint density at radius 3 is 2.53 bits per heavy atom. The molecule has 1 fully saturated rings. The maximum Gasteiger partial charge on any atom is 0.323 e. The van der Waals surface area contributed by atoms with Crippen LogP contribution in [0.3, 0.4) is 0 Å². The molecule has 162 valence electrons. The summed E-state index contributed by atoms with van der Waals surface area (Å²) in [5.41, 5.74) is 3.16. The summed E-state index contributed by atoms with van der Waals surface area (Å²) in [6.07, 6.45) is 5.98. The van der Waals surface area contributed by atoms with Gasteiger partial charge in [-0.2, -0.15) is 0 Å². The molecule has 3 rings (SSSR count). The molecule has 1 aliphatic carbocycles. The van der Waals surface area contributed by atoms with Crippen molar-refractivity contribution in [1.82, 2.24) is 10.2 Å². The van der Waals surface area contributed by atoms with E-state index in [9.17, 15) is 9.59 Å². The van der Waals surface area contributed by atoms with Gasteiger partial charge in [0.05, 0.1) is 14.2 Å². The Bertz CT molecular complexity index is 815. The third-order valence-corrected chi connectivity index (χ3v) is 6.17. The van der Waals surface area contributed by atoms with Gasteiger partial charge in [-0.1, -0.05) is 23.8 Å². The number of hydrogen-bond acceptors (Lipinski definition) is 5. The van der Waals surface area contributed by atoms with E-state index in [1.54, 1.807) is 31.4 Å². The molecule has 6 heteroatoms. The maximum atomic E-state index is 12.6. The Hall–Kier alpha value is -2.60. The van der Waals surface area contributed by atoms with Crippen molar-refractivity contribution in [3.8, 4) is 5.75 Å². The van der Waals surface area contributed by atoms with E-state index in [1.165, 1.54) is 18.3 Å². The van der Waals surface area contributed by atoms with Crippen LogP contribution in [0.15, 0.2) is 48.1 Å². The normalized spacial score (nSPS) is 24.1. The second-order valence-corrected chi connectivity index (χ2v) is 8.28. The van der Waals surface area contributed by atoms with Crippen LogP contribution in [0.1, 0.15) is 43.0 Å². The van der Waals surface area contributed by atoms with E-state index < -0.39 is 0 Å². The number of esters is 1. The highest BCUT2D eigenvalue weighted by Crippen LogP contribution is 2.30. The Labute approximate surface area is 178 Å². The van der Waals surface area contributed by atoms with Crippen molar-refractivity contribution in [3.05, 3.63) is 53.6 Å². The topological polar surface area (TPSA) is 67.9 Å². The Morgan fingerprint density at radius 2 is 1.97 bits per heavy atom. The summed E-state index contributed by atoms with van der Waals surface area (Å²) >= 11 is 0. The van der Waals surface area contributed by atoms with Crippen molar-refractivity contribution in [2.24, 2.45) is 5.92 Å². The summed E-state index contributed by atoms with van der Waals surface area (Å²) in [6.45, 7) is 7.53. The number of likely N-dealkylation sites (tertiary alicyclic amines) is 1. The lowest BCUT2D eigenvalue weighted by Crippen LogP contribution is -2.39. The van der Waals surface area contributed by atoms with E-state index in [-0.39, 0.29) is 24.0 Å². The second-order valence-electron chi connectivity index (χ2n) is 8.28. The SMILES string of the molecule is C=C(C)[C@@H]1CC=C(CN2C[C@H](NC(=O)c3ccc(OC)cc3)C[C@H]2C(=O)OC)CC1. The first-order valence-corrected chi connectivity index (χ1v) is 10.5. The van der Waals surface area contributed by atoms with Crippen molar-refractivity contribution in [2.75, 3.05) is 27.3 Å². The minimum atomic E-state index is -0.337. The largest absolute Gasteiger partial charge is 0.497 e. The number of rotatable bonds is 7. The monoisotopic (exact) mass is 412 g/mol. The van der Waals surface area contributed by atoms with Gasteiger partial charge in [0.2, 0.25) is 0 Å². The number of ether oxygens (including phenoxy) is 2. The van der Waals surface area contributed by atoms with E-state index in [0.29, 0.717) is 30.2 Å². The number of amides is 1. The average molecular weight is 413 g/mol. The van der Waals surface area contributed by atoms with Gasteiger partial charge in [-0.25, -0.2) is 0 Å². The number of allylic oxidation sites excluding steroid dienone is 2. The summed E-state index contributed by atoms with van der Waals surface area (Å²) < 4.78 is 10.2. The standard InChI is InChI=1S/C24H32N2O4/c1-16(2)18-7-5-17(6-8-18)14-26-15-20(13-22(26)24(28)30-4)25-23(27)19-9-11-21(29-3)12-10-19/h5,9-12,18,20,22H,1,6-8,13-15H2,2-4H3,(H,25,27)/t18-,20-,22+/m1/s1. The molecule has 1 N–H and O–H groups in total. The van der Waals surface area contributed by atoms with Crippen LogP contribution in [0, 0.1) is 5.92 Å². The molecule has 0 bridgehead atoms. The molecule has 1 aromatic carbocycles. The van der Waals surface area contributed by atoms with Crippen LogP contribution in [-0.2, 0) is 9.53 Å². The summed E-state index contributed by atoms with van der Waals surface area (Å²) in [6, 6.07) is 6.57. The van der Waals surface area contributed by atoms with Crippen LogP contribution in [0.25, 0.3) is 0 Å². The number of methoxy groups -OCH3 is 2. The summed E-state index contributed by atoms with van der Waals surface area (Å²) in [4.78, 5) is 27.1. The molecule has 30 heavy (non-hydrogen) atoms. The Morgan fingerprint density at radius 1 is 1.23 bits per heavy atom. The maximum absolute atomic E-state index is 12.6. The van der Waals surface area contributed by atoms with Crippen LogP contribution in [0.5, 0.6) is 5.75 Å². The van der Waals surface area contributed by atoms with Gasteiger partial charge in [0.15, 0.2) is 0 Å². The molecule has 6 nitrogen and oxygen atoms in total. The highest BCUT2D eigenvalue weighted by Gasteiger charge is 2.38. The van der Waals surface area contributed by atoms with Crippen LogP contribution >= 0.6 is 0 Å². The molecule has 0 spiro atoms. The first-order chi connectivity index (χ1) is 14.4. The quantitative estimate of drug-likeness (QED) is 0.550. The molecule has 0 aromatic heterocycles. The van der Waals surface area contributed by atoms with E-state index >= 15 is 0 Å². The van der Waals surface area contributed by atoms with E-state index in [1.807, 2.05) is 0 Å². The van der Waals surface area contributed by atoms with Gasteiger partial charge in [-0.05, 0) is 62.8 Å². The summed E-state index contributed by atoms with van der Waals surface area (Å²) in [5.74, 6) is 0.876. The van der Waals surface area contributed by atoms with E-state index in [0.717, 1.165) is 25.8 Å². The first-order valence-electron chi connectivity index (χ1n) is 10.5. The highest BCUT2D eigenvalue weighted by atomic mass is 16.5.